The van der Waals surface area contributed by atoms with Crippen molar-refractivity contribution in [1.82, 2.24) is 10.2 Å². The molecule has 0 saturated heterocycles. The zero-order valence-electron chi connectivity index (χ0n) is 11.5. The van der Waals surface area contributed by atoms with Gasteiger partial charge in [-0.1, -0.05) is 6.92 Å². The monoisotopic (exact) mass is 232 g/mol. The molecule has 0 aromatic rings. The summed E-state index contributed by atoms with van der Waals surface area (Å²) in [5.41, 5.74) is 0. The molecule has 0 saturated carbocycles. The largest absolute Gasteiger partial charge is 0.383 e. The Morgan fingerprint density at radius 2 is 1.81 bits per heavy atom. The van der Waals surface area contributed by atoms with E-state index in [0.717, 1.165) is 32.7 Å². The minimum absolute atomic E-state index is 0.397. The average molecular weight is 232 g/mol. The van der Waals surface area contributed by atoms with Crippen molar-refractivity contribution >= 4 is 0 Å². The highest BCUT2D eigenvalue weighted by molar-refractivity contribution is 4.73. The van der Waals surface area contributed by atoms with Gasteiger partial charge in [0, 0.05) is 32.8 Å². The van der Waals surface area contributed by atoms with Crippen LogP contribution in [0.15, 0.2) is 0 Å². The van der Waals surface area contributed by atoms with E-state index in [-0.39, 0.29) is 0 Å². The number of ether oxygens (including phenoxy) is 2. The quantitative estimate of drug-likeness (QED) is 0.608. The van der Waals surface area contributed by atoms with Gasteiger partial charge in [0.05, 0.1) is 13.2 Å². The number of hydrogen-bond acceptors (Lipinski definition) is 4. The molecular formula is C12H28N2O2. The summed E-state index contributed by atoms with van der Waals surface area (Å²) < 4.78 is 10.4. The molecule has 0 aliphatic carbocycles. The van der Waals surface area contributed by atoms with Crippen LogP contribution in [0.2, 0.25) is 0 Å². The topological polar surface area (TPSA) is 33.7 Å². The van der Waals surface area contributed by atoms with Gasteiger partial charge >= 0.3 is 0 Å². The molecule has 98 valence electrons. The molecule has 0 radical (unpaired) electrons. The van der Waals surface area contributed by atoms with Crippen LogP contribution in [0.4, 0.5) is 0 Å². The van der Waals surface area contributed by atoms with Gasteiger partial charge in [-0.3, -0.25) is 4.90 Å². The number of hydrogen-bond donors (Lipinski definition) is 1. The SMILES string of the molecule is CCCNC(COC)CN(C)C(C)COC. The van der Waals surface area contributed by atoms with E-state index >= 15 is 0 Å². The van der Waals surface area contributed by atoms with Gasteiger partial charge in [0.15, 0.2) is 0 Å². The average Bonchev–Trinajstić information content (AvgIpc) is 2.26. The van der Waals surface area contributed by atoms with E-state index < -0.39 is 0 Å². The fraction of sp³-hybridized carbons (Fsp3) is 1.00. The lowest BCUT2D eigenvalue weighted by Crippen LogP contribution is -2.46. The number of nitrogens with zero attached hydrogens (tertiary/aromatic N) is 1. The standard InChI is InChI=1S/C12H28N2O2/c1-6-7-13-12(10-16-5)8-14(3)11(2)9-15-4/h11-13H,6-10H2,1-5H3. The molecule has 0 aliphatic rings. The first kappa shape index (κ1) is 15.8. The summed E-state index contributed by atoms with van der Waals surface area (Å²) >= 11 is 0. The highest BCUT2D eigenvalue weighted by atomic mass is 16.5. The van der Waals surface area contributed by atoms with E-state index in [9.17, 15) is 0 Å². The summed E-state index contributed by atoms with van der Waals surface area (Å²) in [6.07, 6.45) is 1.15. The smallest absolute Gasteiger partial charge is 0.0628 e. The summed E-state index contributed by atoms with van der Waals surface area (Å²) in [4.78, 5) is 2.30. The Labute approximate surface area is 100 Å². The van der Waals surface area contributed by atoms with Crippen LogP contribution in [-0.2, 0) is 9.47 Å². The first-order chi connectivity index (χ1) is 7.65. The second kappa shape index (κ2) is 10.0. The second-order valence-electron chi connectivity index (χ2n) is 4.35. The number of methoxy groups -OCH3 is 2. The molecule has 0 heterocycles. The molecule has 16 heavy (non-hydrogen) atoms. The summed E-state index contributed by atoms with van der Waals surface area (Å²) in [6.45, 7) is 7.90. The Morgan fingerprint density at radius 3 is 2.31 bits per heavy atom. The van der Waals surface area contributed by atoms with Crippen molar-refractivity contribution in [2.45, 2.75) is 32.4 Å². The predicted molar refractivity (Wildman–Crippen MR) is 67.9 cm³/mol. The Morgan fingerprint density at radius 1 is 1.19 bits per heavy atom. The molecule has 2 atom stereocenters. The molecular weight excluding hydrogens is 204 g/mol. The van der Waals surface area contributed by atoms with Gasteiger partial charge in [0.2, 0.25) is 0 Å². The van der Waals surface area contributed by atoms with Gasteiger partial charge in [-0.15, -0.1) is 0 Å². The molecule has 2 unspecified atom stereocenters. The summed E-state index contributed by atoms with van der Waals surface area (Å²) in [5, 5.41) is 3.49. The number of rotatable bonds is 10. The lowest BCUT2D eigenvalue weighted by Gasteiger charge is -2.29. The third-order valence-electron chi connectivity index (χ3n) is 2.72. The molecule has 4 nitrogen and oxygen atoms in total. The Bertz CT molecular complexity index is 156. The highest BCUT2D eigenvalue weighted by Crippen LogP contribution is 1.99. The Hall–Kier alpha value is -0.160. The van der Waals surface area contributed by atoms with E-state index in [1.807, 2.05) is 0 Å². The molecule has 0 rings (SSSR count). The second-order valence-corrected chi connectivity index (χ2v) is 4.35. The molecule has 0 bridgehead atoms. The Balaban J connectivity index is 3.94. The minimum Gasteiger partial charge on any atom is -0.383 e. The van der Waals surface area contributed by atoms with Crippen molar-refractivity contribution in [2.75, 3.05) is 47.6 Å². The third kappa shape index (κ3) is 7.17. The fourth-order valence-corrected chi connectivity index (χ4v) is 1.62. The van der Waals surface area contributed by atoms with E-state index in [2.05, 4.69) is 31.1 Å². The van der Waals surface area contributed by atoms with Crippen molar-refractivity contribution in [2.24, 2.45) is 0 Å². The molecule has 0 fully saturated rings. The summed E-state index contributed by atoms with van der Waals surface area (Å²) in [7, 11) is 5.62. The zero-order chi connectivity index (χ0) is 12.4. The van der Waals surface area contributed by atoms with Crippen LogP contribution in [0.3, 0.4) is 0 Å². The molecule has 0 aromatic carbocycles. The Kier molecular flexibility index (Phi) is 9.92. The van der Waals surface area contributed by atoms with Crippen LogP contribution in [0.5, 0.6) is 0 Å². The van der Waals surface area contributed by atoms with Crippen LogP contribution in [0, 0.1) is 0 Å². The molecule has 0 amide bonds. The van der Waals surface area contributed by atoms with Crippen molar-refractivity contribution in [3.05, 3.63) is 0 Å². The van der Waals surface area contributed by atoms with Gasteiger partial charge < -0.3 is 14.8 Å². The summed E-state index contributed by atoms with van der Waals surface area (Å²) in [6, 6.07) is 0.835. The van der Waals surface area contributed by atoms with Gasteiger partial charge in [0.25, 0.3) is 0 Å². The first-order valence-corrected chi connectivity index (χ1v) is 6.07. The maximum Gasteiger partial charge on any atom is 0.0628 e. The van der Waals surface area contributed by atoms with E-state index in [0.29, 0.717) is 12.1 Å². The van der Waals surface area contributed by atoms with Crippen molar-refractivity contribution in [3.8, 4) is 0 Å². The predicted octanol–water partition coefficient (Wildman–Crippen LogP) is 0.968. The zero-order valence-corrected chi connectivity index (χ0v) is 11.5. The maximum absolute atomic E-state index is 5.22. The van der Waals surface area contributed by atoms with Crippen molar-refractivity contribution in [3.63, 3.8) is 0 Å². The van der Waals surface area contributed by atoms with Gasteiger partial charge in [-0.25, -0.2) is 0 Å². The first-order valence-electron chi connectivity index (χ1n) is 6.07. The van der Waals surface area contributed by atoms with E-state index in [4.69, 9.17) is 9.47 Å². The molecule has 0 spiro atoms. The molecule has 1 N–H and O–H groups in total. The minimum atomic E-state index is 0.397. The molecule has 0 aliphatic heterocycles. The maximum atomic E-state index is 5.22. The molecule has 0 aromatic heterocycles. The van der Waals surface area contributed by atoms with Crippen molar-refractivity contribution in [1.29, 1.82) is 0 Å². The summed E-state index contributed by atoms with van der Waals surface area (Å²) in [5.74, 6) is 0. The van der Waals surface area contributed by atoms with Gasteiger partial charge in [-0.2, -0.15) is 0 Å². The van der Waals surface area contributed by atoms with Crippen LogP contribution in [0.1, 0.15) is 20.3 Å². The highest BCUT2D eigenvalue weighted by Gasteiger charge is 2.14. The van der Waals surface area contributed by atoms with Crippen LogP contribution >= 0.6 is 0 Å². The fourth-order valence-electron chi connectivity index (χ4n) is 1.62. The van der Waals surface area contributed by atoms with Crippen molar-refractivity contribution < 1.29 is 9.47 Å². The van der Waals surface area contributed by atoms with Crippen LogP contribution in [0.25, 0.3) is 0 Å². The molecule has 4 heteroatoms. The number of likely N-dealkylation sites (N-methyl/N-ethyl adjacent to an activating group) is 1. The van der Waals surface area contributed by atoms with Crippen LogP contribution < -0.4 is 5.32 Å². The lowest BCUT2D eigenvalue weighted by molar-refractivity contribution is 0.0925. The van der Waals surface area contributed by atoms with Gasteiger partial charge in [0.1, 0.15) is 0 Å². The van der Waals surface area contributed by atoms with Gasteiger partial charge in [-0.05, 0) is 26.9 Å². The normalized spacial score (nSPS) is 15.4. The van der Waals surface area contributed by atoms with E-state index in [1.54, 1.807) is 14.2 Å². The van der Waals surface area contributed by atoms with E-state index in [1.165, 1.54) is 0 Å². The number of nitrogens with one attached hydrogen (secondary N) is 1. The van der Waals surface area contributed by atoms with Crippen LogP contribution in [-0.4, -0.2) is 64.6 Å². The third-order valence-corrected chi connectivity index (χ3v) is 2.72. The lowest BCUT2D eigenvalue weighted by atomic mass is 10.2.